The first-order valence-electron chi connectivity index (χ1n) is 12.5. The lowest BCUT2D eigenvalue weighted by molar-refractivity contribution is 0.102. The van der Waals surface area contributed by atoms with Crippen molar-refractivity contribution < 1.29 is 17.6 Å². The van der Waals surface area contributed by atoms with Gasteiger partial charge in [0.15, 0.2) is 0 Å². The number of carbonyl (C=O) groups is 1. The molecule has 0 spiro atoms. The monoisotopic (exact) mass is 563 g/mol. The third-order valence-electron chi connectivity index (χ3n) is 6.80. The van der Waals surface area contributed by atoms with Crippen LogP contribution in [0.1, 0.15) is 27.5 Å². The van der Waals surface area contributed by atoms with Crippen molar-refractivity contribution in [1.29, 1.82) is 0 Å². The fourth-order valence-electron chi connectivity index (χ4n) is 4.79. The second kappa shape index (κ2) is 11.7. The average molecular weight is 564 g/mol. The fourth-order valence-corrected chi connectivity index (χ4v) is 6.35. The highest BCUT2D eigenvalue weighted by Gasteiger charge is 2.32. The highest BCUT2D eigenvalue weighted by atomic mass is 35.5. The first-order valence-corrected chi connectivity index (χ1v) is 14.4. The van der Waals surface area contributed by atoms with E-state index >= 15 is 0 Å². The number of amides is 1. The van der Waals surface area contributed by atoms with Gasteiger partial charge in [0.1, 0.15) is 5.82 Å². The second-order valence-electron chi connectivity index (χ2n) is 9.27. The van der Waals surface area contributed by atoms with E-state index in [4.69, 9.17) is 11.6 Å². The number of nitrogens with zero attached hydrogens (tertiary/aromatic N) is 2. The quantitative estimate of drug-likeness (QED) is 0.307. The molecule has 9 heteroatoms. The molecule has 0 bridgehead atoms. The van der Waals surface area contributed by atoms with Crippen LogP contribution >= 0.6 is 11.6 Å². The summed E-state index contributed by atoms with van der Waals surface area (Å²) in [5, 5.41) is 2.96. The number of hydrogen-bond acceptors (Lipinski definition) is 4. The van der Waals surface area contributed by atoms with Gasteiger partial charge in [-0.05, 0) is 53.6 Å². The Morgan fingerprint density at radius 3 is 1.90 bits per heavy atom. The molecule has 0 aliphatic carbocycles. The van der Waals surface area contributed by atoms with Gasteiger partial charge in [-0.2, -0.15) is 4.31 Å². The van der Waals surface area contributed by atoms with E-state index in [0.717, 1.165) is 17.2 Å². The average Bonchev–Trinajstić information content (AvgIpc) is 2.96. The van der Waals surface area contributed by atoms with Crippen LogP contribution in [0.2, 0.25) is 5.02 Å². The number of piperazine rings is 1. The molecule has 6 nitrogen and oxygen atoms in total. The van der Waals surface area contributed by atoms with Crippen LogP contribution in [-0.2, 0) is 10.0 Å². The van der Waals surface area contributed by atoms with E-state index in [-0.39, 0.29) is 29.7 Å². The van der Waals surface area contributed by atoms with Crippen LogP contribution in [0.3, 0.4) is 0 Å². The molecular formula is C30H27ClFN3O3S. The van der Waals surface area contributed by atoms with Gasteiger partial charge in [0.25, 0.3) is 5.91 Å². The molecule has 1 N–H and O–H groups in total. The smallest absolute Gasteiger partial charge is 0.255 e. The first kappa shape index (κ1) is 27.0. The van der Waals surface area contributed by atoms with Gasteiger partial charge in [0.2, 0.25) is 10.0 Å². The summed E-state index contributed by atoms with van der Waals surface area (Å²) < 4.78 is 43.1. The summed E-state index contributed by atoms with van der Waals surface area (Å²) in [6.45, 7) is 1.58. The lowest BCUT2D eigenvalue weighted by atomic mass is 9.96. The van der Waals surface area contributed by atoms with Gasteiger partial charge < -0.3 is 5.32 Å². The molecule has 4 aromatic carbocycles. The van der Waals surface area contributed by atoms with Gasteiger partial charge >= 0.3 is 0 Å². The third-order valence-corrected chi connectivity index (χ3v) is 8.95. The zero-order valence-electron chi connectivity index (χ0n) is 21.0. The van der Waals surface area contributed by atoms with E-state index in [1.807, 2.05) is 36.4 Å². The van der Waals surface area contributed by atoms with Gasteiger partial charge in [-0.1, -0.05) is 72.3 Å². The summed E-state index contributed by atoms with van der Waals surface area (Å²) >= 11 is 5.85. The zero-order valence-corrected chi connectivity index (χ0v) is 22.6. The number of sulfonamides is 1. The molecule has 1 amide bonds. The predicted octanol–water partition coefficient (Wildman–Crippen LogP) is 5.83. The van der Waals surface area contributed by atoms with Gasteiger partial charge in [-0.15, -0.1) is 0 Å². The van der Waals surface area contributed by atoms with Crippen LogP contribution in [0.25, 0.3) is 0 Å². The highest BCUT2D eigenvalue weighted by Crippen LogP contribution is 2.31. The molecule has 0 unspecified atom stereocenters. The molecular weight excluding hydrogens is 537 g/mol. The van der Waals surface area contributed by atoms with Gasteiger partial charge in [-0.3, -0.25) is 9.69 Å². The molecule has 4 aromatic rings. The minimum Gasteiger partial charge on any atom is -0.319 e. The third kappa shape index (κ3) is 6.04. The summed E-state index contributed by atoms with van der Waals surface area (Å²) in [7, 11) is -3.93. The van der Waals surface area contributed by atoms with Crippen LogP contribution in [-0.4, -0.2) is 49.7 Å². The number of anilines is 1. The largest absolute Gasteiger partial charge is 0.319 e. The Kier molecular flexibility index (Phi) is 8.09. The Labute approximate surface area is 232 Å². The maximum absolute atomic E-state index is 14.9. The Balaban J connectivity index is 1.29. The van der Waals surface area contributed by atoms with E-state index in [1.165, 1.54) is 28.6 Å². The number of nitrogens with one attached hydrogen (secondary N) is 1. The Morgan fingerprint density at radius 2 is 1.36 bits per heavy atom. The maximum Gasteiger partial charge on any atom is 0.255 e. The predicted molar refractivity (Wildman–Crippen MR) is 151 cm³/mol. The van der Waals surface area contributed by atoms with Crippen molar-refractivity contribution in [1.82, 2.24) is 9.21 Å². The summed E-state index contributed by atoms with van der Waals surface area (Å²) in [6, 6.07) is 30.0. The van der Waals surface area contributed by atoms with Crippen molar-refractivity contribution >= 4 is 33.2 Å². The molecule has 1 aliphatic rings. The molecule has 39 heavy (non-hydrogen) atoms. The molecule has 1 heterocycles. The summed E-state index contributed by atoms with van der Waals surface area (Å²) in [5.74, 6) is -1.35. The van der Waals surface area contributed by atoms with Gasteiger partial charge in [0, 0.05) is 36.8 Å². The lowest BCUT2D eigenvalue weighted by Gasteiger charge is -2.39. The van der Waals surface area contributed by atoms with Crippen molar-refractivity contribution in [3.63, 3.8) is 0 Å². The Morgan fingerprint density at radius 1 is 0.795 bits per heavy atom. The molecule has 0 atom stereocenters. The number of hydrogen-bond donors (Lipinski definition) is 1. The number of halogens is 2. The van der Waals surface area contributed by atoms with E-state index < -0.39 is 21.7 Å². The maximum atomic E-state index is 14.9. The first-order chi connectivity index (χ1) is 18.8. The molecule has 1 saturated heterocycles. The van der Waals surface area contributed by atoms with E-state index in [2.05, 4.69) is 34.5 Å². The molecule has 1 aliphatic heterocycles. The van der Waals surface area contributed by atoms with Crippen molar-refractivity contribution in [3.8, 4) is 0 Å². The molecule has 1 fully saturated rings. The van der Waals surface area contributed by atoms with Crippen LogP contribution in [0.15, 0.2) is 108 Å². The van der Waals surface area contributed by atoms with Gasteiger partial charge in [0.05, 0.1) is 16.6 Å². The standard InChI is InChI=1S/C30H27ClFN3O3S/c31-25-13-11-24(12-14-25)30(36)33-28-16-15-26(21-27(28)32)39(37,38)35-19-17-34(18-20-35)29(22-7-3-1-4-8-22)23-9-5-2-6-10-23/h1-16,21,29H,17-20H2,(H,33,36). The van der Waals surface area contributed by atoms with E-state index in [0.29, 0.717) is 23.7 Å². The summed E-state index contributed by atoms with van der Waals surface area (Å²) in [4.78, 5) is 14.6. The summed E-state index contributed by atoms with van der Waals surface area (Å²) in [5.41, 5.74) is 2.47. The van der Waals surface area contributed by atoms with Crippen LogP contribution in [0.4, 0.5) is 10.1 Å². The minimum atomic E-state index is -3.93. The molecule has 0 aromatic heterocycles. The minimum absolute atomic E-state index is 0.00164. The van der Waals surface area contributed by atoms with Crippen molar-refractivity contribution in [2.45, 2.75) is 10.9 Å². The van der Waals surface area contributed by atoms with E-state index in [1.54, 1.807) is 12.1 Å². The van der Waals surface area contributed by atoms with Crippen LogP contribution < -0.4 is 5.32 Å². The summed E-state index contributed by atoms with van der Waals surface area (Å²) in [6.07, 6.45) is 0. The van der Waals surface area contributed by atoms with Crippen LogP contribution in [0.5, 0.6) is 0 Å². The molecule has 0 saturated carbocycles. The molecule has 0 radical (unpaired) electrons. The number of carbonyl (C=O) groups excluding carboxylic acids is 1. The second-order valence-corrected chi connectivity index (χ2v) is 11.6. The topological polar surface area (TPSA) is 69.7 Å². The van der Waals surface area contributed by atoms with Crippen molar-refractivity contribution in [2.24, 2.45) is 0 Å². The van der Waals surface area contributed by atoms with Crippen molar-refractivity contribution in [2.75, 3.05) is 31.5 Å². The van der Waals surface area contributed by atoms with Gasteiger partial charge in [-0.25, -0.2) is 12.8 Å². The molecule has 200 valence electrons. The Bertz CT molecular complexity index is 1500. The number of rotatable bonds is 7. The fraction of sp³-hybridized carbons (Fsp3) is 0.167. The highest BCUT2D eigenvalue weighted by molar-refractivity contribution is 7.89. The molecule has 5 rings (SSSR count). The Hall–Kier alpha value is -3.56. The van der Waals surface area contributed by atoms with Crippen molar-refractivity contribution in [3.05, 3.63) is 131 Å². The zero-order chi connectivity index (χ0) is 27.4. The number of benzene rings is 4. The van der Waals surface area contributed by atoms with Crippen LogP contribution in [0, 0.1) is 5.82 Å². The normalized spacial score (nSPS) is 14.8. The SMILES string of the molecule is O=C(Nc1ccc(S(=O)(=O)N2CCN(C(c3ccccc3)c3ccccc3)CC2)cc1F)c1ccc(Cl)cc1. The van der Waals surface area contributed by atoms with E-state index in [9.17, 15) is 17.6 Å². The lowest BCUT2D eigenvalue weighted by Crippen LogP contribution is -2.49.